The molecule has 31 heavy (non-hydrogen) atoms. The number of esters is 1. The number of para-hydroxylation sites is 1. The lowest BCUT2D eigenvalue weighted by atomic mass is 10.2. The standard InChI is InChI=1S/C22H20ClINO5P/c1-16(22(26)28-15-17-8-4-2-5-9-17)25-31(27,29-19-10-6-3-7-11-19)30-21-13-12-18(24)14-20(21)23/h2-14,16H,15H2,1H3,(H,25,27)/t16-,31?/m0/s1. The Kier molecular flexibility index (Phi) is 8.37. The molecule has 0 aromatic heterocycles. The molecule has 0 saturated heterocycles. The zero-order valence-corrected chi connectivity index (χ0v) is 20.3. The van der Waals surface area contributed by atoms with Crippen LogP contribution in [-0.2, 0) is 20.7 Å². The smallest absolute Gasteiger partial charge is 0.460 e. The molecule has 9 heteroatoms. The SMILES string of the molecule is C[C@H](NP(=O)(Oc1ccccc1)Oc1ccc(I)cc1Cl)C(=O)OCc1ccccc1. The van der Waals surface area contributed by atoms with E-state index in [2.05, 4.69) is 27.7 Å². The molecule has 6 nitrogen and oxygen atoms in total. The molecule has 0 amide bonds. The van der Waals surface area contributed by atoms with Gasteiger partial charge >= 0.3 is 13.7 Å². The first-order valence-electron chi connectivity index (χ1n) is 9.32. The fraction of sp³-hybridized carbons (Fsp3) is 0.136. The van der Waals surface area contributed by atoms with Crippen molar-refractivity contribution in [2.45, 2.75) is 19.6 Å². The van der Waals surface area contributed by atoms with E-state index in [9.17, 15) is 9.36 Å². The van der Waals surface area contributed by atoms with E-state index in [1.54, 1.807) is 48.5 Å². The van der Waals surface area contributed by atoms with E-state index in [1.165, 1.54) is 6.92 Å². The topological polar surface area (TPSA) is 73.9 Å². The number of halogens is 2. The van der Waals surface area contributed by atoms with Gasteiger partial charge in [0.2, 0.25) is 0 Å². The summed E-state index contributed by atoms with van der Waals surface area (Å²) in [5, 5.41) is 2.91. The molecule has 3 aromatic carbocycles. The van der Waals surface area contributed by atoms with Crippen molar-refractivity contribution in [3.8, 4) is 11.5 Å². The summed E-state index contributed by atoms with van der Waals surface area (Å²) in [6.45, 7) is 1.62. The minimum absolute atomic E-state index is 0.0966. The summed E-state index contributed by atoms with van der Waals surface area (Å²) in [4.78, 5) is 12.5. The molecule has 0 bridgehead atoms. The summed E-state index contributed by atoms with van der Waals surface area (Å²) in [5.41, 5.74) is 0.841. The monoisotopic (exact) mass is 571 g/mol. The lowest BCUT2D eigenvalue weighted by Crippen LogP contribution is -2.35. The highest BCUT2D eigenvalue weighted by atomic mass is 127. The first kappa shape index (κ1) is 23.6. The molecule has 3 rings (SSSR count). The highest BCUT2D eigenvalue weighted by molar-refractivity contribution is 14.1. The third-order valence-electron chi connectivity index (χ3n) is 4.01. The molecule has 162 valence electrons. The first-order chi connectivity index (χ1) is 14.8. The summed E-state index contributed by atoms with van der Waals surface area (Å²) in [6, 6.07) is 21.8. The molecule has 0 radical (unpaired) electrons. The Morgan fingerprint density at radius 2 is 1.68 bits per heavy atom. The quantitative estimate of drug-likeness (QED) is 0.186. The maximum atomic E-state index is 13.6. The predicted molar refractivity (Wildman–Crippen MR) is 128 cm³/mol. The number of hydrogen-bond acceptors (Lipinski definition) is 5. The minimum atomic E-state index is -4.05. The lowest BCUT2D eigenvalue weighted by molar-refractivity contribution is -0.146. The van der Waals surface area contributed by atoms with Crippen molar-refractivity contribution in [1.29, 1.82) is 0 Å². The second-order valence-corrected chi connectivity index (χ2v) is 9.78. The number of carbonyl (C=O) groups is 1. The highest BCUT2D eigenvalue weighted by Crippen LogP contribution is 2.47. The Labute approximate surface area is 199 Å². The average Bonchev–Trinajstić information content (AvgIpc) is 2.75. The Morgan fingerprint density at radius 1 is 1.03 bits per heavy atom. The first-order valence-corrected chi connectivity index (χ1v) is 12.3. The highest BCUT2D eigenvalue weighted by Gasteiger charge is 2.34. The molecule has 0 fully saturated rings. The molecule has 0 aliphatic rings. The molecule has 3 aromatic rings. The summed E-state index contributed by atoms with van der Waals surface area (Å²) in [7, 11) is -4.05. The van der Waals surface area contributed by atoms with E-state index in [0.717, 1.165) is 9.13 Å². The van der Waals surface area contributed by atoms with Crippen molar-refractivity contribution in [2.75, 3.05) is 0 Å². The zero-order chi connectivity index (χ0) is 22.3. The molecule has 0 heterocycles. The summed E-state index contributed by atoms with van der Waals surface area (Å²) >= 11 is 8.33. The molecule has 0 saturated carbocycles. The van der Waals surface area contributed by atoms with Crippen LogP contribution in [0.25, 0.3) is 0 Å². The van der Waals surface area contributed by atoms with Crippen LogP contribution < -0.4 is 14.1 Å². The van der Waals surface area contributed by atoms with Crippen LogP contribution >= 0.6 is 41.9 Å². The van der Waals surface area contributed by atoms with Gasteiger partial charge in [-0.1, -0.05) is 60.1 Å². The molecular formula is C22H20ClINO5P. The number of carbonyl (C=O) groups excluding carboxylic acids is 1. The van der Waals surface area contributed by atoms with Crippen LogP contribution in [0.4, 0.5) is 0 Å². The minimum Gasteiger partial charge on any atom is -0.460 e. The van der Waals surface area contributed by atoms with Crippen LogP contribution in [0.5, 0.6) is 11.5 Å². The molecule has 1 N–H and O–H groups in total. The van der Waals surface area contributed by atoms with Crippen molar-refractivity contribution in [2.24, 2.45) is 0 Å². The van der Waals surface area contributed by atoms with Crippen molar-refractivity contribution < 1.29 is 23.1 Å². The Morgan fingerprint density at radius 3 is 2.32 bits per heavy atom. The van der Waals surface area contributed by atoms with E-state index in [-0.39, 0.29) is 17.4 Å². The van der Waals surface area contributed by atoms with E-state index in [4.69, 9.17) is 25.4 Å². The average molecular weight is 572 g/mol. The molecular weight excluding hydrogens is 552 g/mol. The van der Waals surface area contributed by atoms with Gasteiger partial charge in [-0.15, -0.1) is 0 Å². The summed E-state index contributed by atoms with van der Waals surface area (Å²) < 4.78 is 31.0. The molecule has 2 atom stereocenters. The maximum absolute atomic E-state index is 13.6. The largest absolute Gasteiger partial charge is 0.513 e. The van der Waals surface area contributed by atoms with Gasteiger partial charge in [-0.3, -0.25) is 4.79 Å². The van der Waals surface area contributed by atoms with Crippen molar-refractivity contribution >= 4 is 47.9 Å². The number of rotatable bonds is 9. The van der Waals surface area contributed by atoms with Crippen LogP contribution in [0.3, 0.4) is 0 Å². The van der Waals surface area contributed by atoms with E-state index < -0.39 is 19.8 Å². The van der Waals surface area contributed by atoms with Gasteiger partial charge in [-0.25, -0.2) is 4.57 Å². The van der Waals surface area contributed by atoms with Crippen molar-refractivity contribution in [1.82, 2.24) is 5.09 Å². The van der Waals surface area contributed by atoms with Gasteiger partial charge in [0.25, 0.3) is 0 Å². The predicted octanol–water partition coefficient (Wildman–Crippen LogP) is 6.23. The third-order valence-corrected chi connectivity index (χ3v) is 6.57. The van der Waals surface area contributed by atoms with Gasteiger partial charge in [0.1, 0.15) is 24.1 Å². The van der Waals surface area contributed by atoms with E-state index >= 15 is 0 Å². The van der Waals surface area contributed by atoms with Crippen LogP contribution in [0.15, 0.2) is 78.9 Å². The van der Waals surface area contributed by atoms with E-state index in [0.29, 0.717) is 5.75 Å². The molecule has 0 aliphatic heterocycles. The normalized spacial score (nSPS) is 13.6. The van der Waals surface area contributed by atoms with Gasteiger partial charge in [0.15, 0.2) is 0 Å². The van der Waals surface area contributed by atoms with Crippen molar-refractivity contribution in [3.05, 3.63) is 93.0 Å². The number of nitrogens with one attached hydrogen (secondary N) is 1. The van der Waals surface area contributed by atoms with Gasteiger partial charge in [0, 0.05) is 3.57 Å². The second-order valence-electron chi connectivity index (χ2n) is 6.51. The fourth-order valence-corrected chi connectivity index (χ4v) is 5.00. The van der Waals surface area contributed by atoms with Crippen LogP contribution in [0.1, 0.15) is 12.5 Å². The zero-order valence-electron chi connectivity index (χ0n) is 16.5. The van der Waals surface area contributed by atoms with Gasteiger partial charge in [-0.05, 0) is 65.4 Å². The maximum Gasteiger partial charge on any atom is 0.513 e. The summed E-state index contributed by atoms with van der Waals surface area (Å²) in [5.74, 6) is -0.124. The number of benzene rings is 3. The molecule has 1 unspecified atom stereocenters. The third kappa shape index (κ3) is 7.25. The van der Waals surface area contributed by atoms with Crippen LogP contribution in [0.2, 0.25) is 5.02 Å². The fourth-order valence-electron chi connectivity index (χ4n) is 2.51. The Hall–Kier alpha value is -2.06. The lowest BCUT2D eigenvalue weighted by Gasteiger charge is -2.23. The Balaban J connectivity index is 1.75. The second kappa shape index (κ2) is 11.0. The van der Waals surface area contributed by atoms with Crippen LogP contribution in [-0.4, -0.2) is 12.0 Å². The number of hydrogen-bond donors (Lipinski definition) is 1. The molecule has 0 aliphatic carbocycles. The van der Waals surface area contributed by atoms with Gasteiger partial charge in [-0.2, -0.15) is 5.09 Å². The molecule has 0 spiro atoms. The van der Waals surface area contributed by atoms with Crippen molar-refractivity contribution in [3.63, 3.8) is 0 Å². The van der Waals surface area contributed by atoms with Gasteiger partial charge < -0.3 is 13.8 Å². The summed E-state index contributed by atoms with van der Waals surface area (Å²) in [6.07, 6.45) is 0. The van der Waals surface area contributed by atoms with Gasteiger partial charge in [0.05, 0.1) is 5.02 Å². The number of ether oxygens (including phenoxy) is 1. The van der Waals surface area contributed by atoms with E-state index in [1.807, 2.05) is 30.3 Å². The van der Waals surface area contributed by atoms with Crippen LogP contribution in [0, 0.1) is 3.57 Å². The Bertz CT molecular complexity index is 1070.